The van der Waals surface area contributed by atoms with Gasteiger partial charge in [-0.2, -0.15) is 0 Å². The first-order chi connectivity index (χ1) is 9.70. The molecule has 1 N–H and O–H groups in total. The molecule has 4 nitrogen and oxygen atoms in total. The van der Waals surface area contributed by atoms with Crippen molar-refractivity contribution in [2.24, 2.45) is 5.92 Å². The largest absolute Gasteiger partial charge is 0.369 e. The predicted octanol–water partition coefficient (Wildman–Crippen LogP) is 2.73. The van der Waals surface area contributed by atoms with Crippen molar-refractivity contribution in [2.45, 2.75) is 26.3 Å². The van der Waals surface area contributed by atoms with Gasteiger partial charge in [0, 0.05) is 43.1 Å². The molecule has 0 aliphatic carbocycles. The predicted molar refractivity (Wildman–Crippen MR) is 84.2 cm³/mol. The van der Waals surface area contributed by atoms with Crippen molar-refractivity contribution < 1.29 is 0 Å². The highest BCUT2D eigenvalue weighted by Gasteiger charge is 2.29. The topological polar surface area (TPSA) is 35.2 Å². The average Bonchev–Trinajstić information content (AvgIpc) is 2.95. The van der Waals surface area contributed by atoms with Gasteiger partial charge >= 0.3 is 0 Å². The maximum absolute atomic E-state index is 4.39. The molecule has 0 bridgehead atoms. The van der Waals surface area contributed by atoms with Gasteiger partial charge in [-0.15, -0.1) is 0 Å². The Kier molecular flexibility index (Phi) is 3.66. The van der Waals surface area contributed by atoms with E-state index in [1.54, 1.807) is 0 Å². The molecule has 0 saturated carbocycles. The molecule has 0 radical (unpaired) electrons. The number of fused-ring (bicyclic) bond motifs is 1. The van der Waals surface area contributed by atoms with Gasteiger partial charge in [0.25, 0.3) is 0 Å². The van der Waals surface area contributed by atoms with Crippen LogP contribution in [0.3, 0.4) is 0 Å². The summed E-state index contributed by atoms with van der Waals surface area (Å²) in [5, 5.41) is 1.22. The summed E-state index contributed by atoms with van der Waals surface area (Å²) in [4.78, 5) is 12.6. The Balaban J connectivity index is 1.90. The number of anilines is 1. The first kappa shape index (κ1) is 13.4. The van der Waals surface area contributed by atoms with Crippen LogP contribution in [0.15, 0.2) is 24.5 Å². The van der Waals surface area contributed by atoms with Crippen molar-refractivity contribution in [1.82, 2.24) is 14.9 Å². The van der Waals surface area contributed by atoms with Crippen LogP contribution in [0.1, 0.15) is 20.3 Å². The number of nitrogens with one attached hydrogen (secondary N) is 1. The number of aromatic amines is 1. The minimum absolute atomic E-state index is 0.573. The van der Waals surface area contributed by atoms with Crippen molar-refractivity contribution in [3.05, 3.63) is 24.5 Å². The molecule has 20 heavy (non-hydrogen) atoms. The quantitative estimate of drug-likeness (QED) is 0.933. The minimum atomic E-state index is 0.573. The van der Waals surface area contributed by atoms with E-state index in [-0.39, 0.29) is 0 Å². The molecule has 3 heterocycles. The molecular formula is C16H24N4. The molecule has 3 rings (SSSR count). The Morgan fingerprint density at radius 1 is 1.45 bits per heavy atom. The molecule has 0 spiro atoms. The molecular weight excluding hydrogens is 248 g/mol. The molecule has 2 aromatic rings. The lowest BCUT2D eigenvalue weighted by Crippen LogP contribution is -2.50. The maximum Gasteiger partial charge on any atom is 0.139 e. The van der Waals surface area contributed by atoms with Crippen LogP contribution in [-0.2, 0) is 0 Å². The molecule has 0 unspecified atom stereocenters. The summed E-state index contributed by atoms with van der Waals surface area (Å²) < 4.78 is 0. The van der Waals surface area contributed by atoms with Gasteiger partial charge in [-0.3, -0.25) is 0 Å². The van der Waals surface area contributed by atoms with E-state index >= 15 is 0 Å². The molecule has 2 atom stereocenters. The molecule has 4 heteroatoms. The van der Waals surface area contributed by atoms with E-state index < -0.39 is 0 Å². The third kappa shape index (κ3) is 2.29. The second kappa shape index (κ2) is 5.44. The fourth-order valence-corrected chi connectivity index (χ4v) is 3.34. The highest BCUT2D eigenvalue weighted by molar-refractivity contribution is 5.89. The molecule has 1 fully saturated rings. The summed E-state index contributed by atoms with van der Waals surface area (Å²) in [7, 11) is 2.22. The van der Waals surface area contributed by atoms with Gasteiger partial charge < -0.3 is 14.8 Å². The fourth-order valence-electron chi connectivity index (χ4n) is 3.34. The number of rotatable bonds is 3. The Bertz CT molecular complexity index is 577. The molecule has 2 aromatic heterocycles. The zero-order valence-electron chi connectivity index (χ0n) is 12.6. The van der Waals surface area contributed by atoms with Gasteiger partial charge in [-0.05, 0) is 37.6 Å². The molecule has 0 amide bonds. The lowest BCUT2D eigenvalue weighted by molar-refractivity contribution is 0.173. The van der Waals surface area contributed by atoms with Crippen LogP contribution < -0.4 is 4.90 Å². The first-order valence-electron chi connectivity index (χ1n) is 7.58. The third-order valence-corrected chi connectivity index (χ3v) is 4.76. The van der Waals surface area contributed by atoms with E-state index in [0.717, 1.165) is 24.7 Å². The van der Waals surface area contributed by atoms with Crippen LogP contribution in [0.2, 0.25) is 0 Å². The van der Waals surface area contributed by atoms with Crippen molar-refractivity contribution in [3.8, 4) is 0 Å². The van der Waals surface area contributed by atoms with Crippen LogP contribution >= 0.6 is 0 Å². The maximum atomic E-state index is 4.39. The molecule has 1 aliphatic heterocycles. The lowest BCUT2D eigenvalue weighted by atomic mass is 9.92. The van der Waals surface area contributed by atoms with Crippen LogP contribution in [0, 0.1) is 5.92 Å². The van der Waals surface area contributed by atoms with Crippen molar-refractivity contribution in [3.63, 3.8) is 0 Å². The number of likely N-dealkylation sites (N-methyl/N-ethyl adjacent to an activating group) is 2. The summed E-state index contributed by atoms with van der Waals surface area (Å²) in [6.45, 7) is 8.17. The van der Waals surface area contributed by atoms with Crippen molar-refractivity contribution in [1.29, 1.82) is 0 Å². The first-order valence-corrected chi connectivity index (χ1v) is 7.58. The Hall–Kier alpha value is -1.55. The highest BCUT2D eigenvalue weighted by atomic mass is 15.2. The van der Waals surface area contributed by atoms with Crippen molar-refractivity contribution >= 4 is 16.7 Å². The number of nitrogens with zero attached hydrogens (tertiary/aromatic N) is 3. The Morgan fingerprint density at radius 2 is 2.30 bits per heavy atom. The zero-order chi connectivity index (χ0) is 14.1. The third-order valence-electron chi connectivity index (χ3n) is 4.76. The summed E-state index contributed by atoms with van der Waals surface area (Å²) in [5.74, 6) is 0.727. The number of aromatic nitrogens is 2. The van der Waals surface area contributed by atoms with Gasteiger partial charge in [0.2, 0.25) is 0 Å². The smallest absolute Gasteiger partial charge is 0.139 e. The second-order valence-electron chi connectivity index (χ2n) is 5.91. The van der Waals surface area contributed by atoms with Crippen LogP contribution in [0.4, 0.5) is 5.69 Å². The summed E-state index contributed by atoms with van der Waals surface area (Å²) in [5.41, 5.74) is 2.26. The van der Waals surface area contributed by atoms with E-state index in [0.29, 0.717) is 6.04 Å². The van der Waals surface area contributed by atoms with E-state index in [9.17, 15) is 0 Å². The Morgan fingerprint density at radius 3 is 3.10 bits per heavy atom. The van der Waals surface area contributed by atoms with E-state index in [4.69, 9.17) is 0 Å². The standard InChI is InChI=1S/C16H24N4/c1-4-20-10-7-12(2)15(11-20)19(3)14-6-9-18-16-13(14)5-8-17-16/h5-6,8-9,12,15H,4,7,10-11H2,1-3H3,(H,17,18)/t12-,15+/m1/s1. The zero-order valence-corrected chi connectivity index (χ0v) is 12.6. The number of pyridine rings is 1. The van der Waals surface area contributed by atoms with Crippen molar-refractivity contribution in [2.75, 3.05) is 31.6 Å². The normalized spacial score (nSPS) is 24.1. The van der Waals surface area contributed by atoms with Gasteiger partial charge in [0.15, 0.2) is 0 Å². The van der Waals surface area contributed by atoms with E-state index in [1.807, 2.05) is 12.4 Å². The number of hydrogen-bond acceptors (Lipinski definition) is 3. The Labute approximate surface area is 120 Å². The molecule has 1 aliphatic rings. The highest BCUT2D eigenvalue weighted by Crippen LogP contribution is 2.29. The van der Waals surface area contributed by atoms with Gasteiger partial charge in [-0.25, -0.2) is 4.98 Å². The average molecular weight is 272 g/mol. The fraction of sp³-hybridized carbons (Fsp3) is 0.562. The van der Waals surface area contributed by atoms with Crippen LogP contribution in [-0.4, -0.2) is 47.6 Å². The minimum Gasteiger partial charge on any atom is -0.369 e. The van der Waals surface area contributed by atoms with Crippen LogP contribution in [0.25, 0.3) is 11.0 Å². The summed E-state index contributed by atoms with van der Waals surface area (Å²) in [6.07, 6.45) is 5.15. The van der Waals surface area contributed by atoms with Gasteiger partial charge in [-0.1, -0.05) is 13.8 Å². The molecule has 108 valence electrons. The summed E-state index contributed by atoms with van der Waals surface area (Å²) in [6, 6.07) is 4.83. The van der Waals surface area contributed by atoms with Gasteiger partial charge in [0.1, 0.15) is 5.65 Å². The molecule has 1 saturated heterocycles. The number of piperidine rings is 1. The van der Waals surface area contributed by atoms with E-state index in [2.05, 4.69) is 52.8 Å². The number of H-pyrrole nitrogens is 1. The van der Waals surface area contributed by atoms with E-state index in [1.165, 1.54) is 24.0 Å². The number of hydrogen-bond donors (Lipinski definition) is 1. The van der Waals surface area contributed by atoms with Gasteiger partial charge in [0.05, 0.1) is 0 Å². The second-order valence-corrected chi connectivity index (χ2v) is 5.91. The summed E-state index contributed by atoms with van der Waals surface area (Å²) >= 11 is 0. The SMILES string of the molecule is CCN1CC[C@@H](C)[C@@H](N(C)c2ccnc3[nH]ccc23)C1. The number of likely N-dealkylation sites (tertiary alicyclic amines) is 1. The van der Waals surface area contributed by atoms with Crippen LogP contribution in [0.5, 0.6) is 0 Å². The molecule has 0 aromatic carbocycles. The monoisotopic (exact) mass is 272 g/mol. The lowest BCUT2D eigenvalue weighted by Gasteiger charge is -2.42.